The molecule has 0 aliphatic heterocycles. The lowest BCUT2D eigenvalue weighted by atomic mass is 10.2. The number of rotatable bonds is 4. The van der Waals surface area contributed by atoms with Gasteiger partial charge in [0.15, 0.2) is 0 Å². The number of thiazole rings is 1. The predicted octanol–water partition coefficient (Wildman–Crippen LogP) is 3.02. The molecule has 17 heavy (non-hydrogen) atoms. The van der Waals surface area contributed by atoms with Crippen molar-refractivity contribution in [1.82, 2.24) is 10.3 Å². The fourth-order valence-corrected chi connectivity index (χ4v) is 2.23. The number of nitrogens with zero attached hydrogens (tertiary/aromatic N) is 1. The van der Waals surface area contributed by atoms with Gasteiger partial charge in [-0.25, -0.2) is 13.8 Å². The van der Waals surface area contributed by atoms with Gasteiger partial charge in [-0.3, -0.25) is 0 Å². The third kappa shape index (κ3) is 3.08. The van der Waals surface area contributed by atoms with Gasteiger partial charge in [-0.2, -0.15) is 0 Å². The average Bonchev–Trinajstić information content (AvgIpc) is 2.70. The van der Waals surface area contributed by atoms with Gasteiger partial charge in [0.1, 0.15) is 11.6 Å². The molecule has 2 rings (SSSR count). The monoisotopic (exact) mass is 254 g/mol. The van der Waals surface area contributed by atoms with Gasteiger partial charge < -0.3 is 5.32 Å². The van der Waals surface area contributed by atoms with Crippen molar-refractivity contribution in [3.8, 4) is 0 Å². The van der Waals surface area contributed by atoms with Crippen LogP contribution in [0.1, 0.15) is 16.1 Å². The lowest BCUT2D eigenvalue weighted by Gasteiger charge is -2.05. The van der Waals surface area contributed by atoms with E-state index in [-0.39, 0.29) is 5.82 Å². The number of halogens is 2. The molecule has 0 unspecified atom stereocenters. The van der Waals surface area contributed by atoms with Crippen molar-refractivity contribution in [2.45, 2.75) is 20.0 Å². The molecular weight excluding hydrogens is 242 g/mol. The van der Waals surface area contributed by atoms with E-state index in [1.807, 2.05) is 6.92 Å². The maximum atomic E-state index is 13.3. The van der Waals surface area contributed by atoms with E-state index in [1.165, 1.54) is 6.07 Å². The summed E-state index contributed by atoms with van der Waals surface area (Å²) in [4.78, 5) is 5.23. The Morgan fingerprint density at radius 2 is 2.12 bits per heavy atom. The molecule has 0 radical (unpaired) electrons. The lowest BCUT2D eigenvalue weighted by molar-refractivity contribution is 0.569. The van der Waals surface area contributed by atoms with Gasteiger partial charge in [-0.15, -0.1) is 11.3 Å². The van der Waals surface area contributed by atoms with Gasteiger partial charge in [0.25, 0.3) is 0 Å². The van der Waals surface area contributed by atoms with E-state index in [0.29, 0.717) is 18.7 Å². The molecular formula is C12H12F2N2S. The molecule has 0 saturated carbocycles. The topological polar surface area (TPSA) is 24.9 Å². The normalized spacial score (nSPS) is 10.8. The minimum absolute atomic E-state index is 0.306. The van der Waals surface area contributed by atoms with Crippen LogP contribution in [0.5, 0.6) is 0 Å². The number of hydrogen-bond acceptors (Lipinski definition) is 3. The Morgan fingerprint density at radius 3 is 2.82 bits per heavy atom. The van der Waals surface area contributed by atoms with Crippen molar-refractivity contribution in [1.29, 1.82) is 0 Å². The zero-order valence-corrected chi connectivity index (χ0v) is 10.2. The van der Waals surface area contributed by atoms with Gasteiger partial charge in [0.05, 0.1) is 11.2 Å². The Hall–Kier alpha value is -1.33. The summed E-state index contributed by atoms with van der Waals surface area (Å²) in [6.07, 6.45) is 0. The minimum atomic E-state index is -0.419. The summed E-state index contributed by atoms with van der Waals surface area (Å²) < 4.78 is 26.2. The minimum Gasteiger partial charge on any atom is -0.308 e. The standard InChI is InChI=1S/C12H12F2N2S/c1-8-12(17-7-16-8)6-15-5-9-4-10(13)2-3-11(9)14/h2-4,7,15H,5-6H2,1H3. The van der Waals surface area contributed by atoms with Gasteiger partial charge in [0, 0.05) is 23.5 Å². The number of nitrogens with one attached hydrogen (secondary N) is 1. The van der Waals surface area contributed by atoms with Crippen molar-refractivity contribution in [2.75, 3.05) is 0 Å². The Labute approximate surface area is 102 Å². The first-order chi connectivity index (χ1) is 8.16. The summed E-state index contributed by atoms with van der Waals surface area (Å²) in [5, 5.41) is 3.08. The molecule has 1 aromatic heterocycles. The van der Waals surface area contributed by atoms with Crippen LogP contribution in [0.4, 0.5) is 8.78 Å². The Bertz CT molecular complexity index is 511. The quantitative estimate of drug-likeness (QED) is 0.907. The summed E-state index contributed by atoms with van der Waals surface area (Å²) in [5.74, 6) is -0.808. The van der Waals surface area contributed by atoms with Crippen LogP contribution in [0.2, 0.25) is 0 Å². The highest BCUT2D eigenvalue weighted by Gasteiger charge is 2.05. The second kappa shape index (κ2) is 5.33. The molecule has 0 aliphatic rings. The fourth-order valence-electron chi connectivity index (χ4n) is 1.49. The highest BCUT2D eigenvalue weighted by Crippen LogP contribution is 2.13. The van der Waals surface area contributed by atoms with Crippen molar-refractivity contribution in [3.63, 3.8) is 0 Å². The van der Waals surface area contributed by atoms with Crippen LogP contribution in [0.25, 0.3) is 0 Å². The first-order valence-corrected chi connectivity index (χ1v) is 6.08. The van der Waals surface area contributed by atoms with Gasteiger partial charge >= 0.3 is 0 Å². The van der Waals surface area contributed by atoms with E-state index in [0.717, 1.165) is 22.7 Å². The highest BCUT2D eigenvalue weighted by molar-refractivity contribution is 7.09. The van der Waals surface area contributed by atoms with Crippen LogP contribution in [0, 0.1) is 18.6 Å². The van der Waals surface area contributed by atoms with Crippen molar-refractivity contribution < 1.29 is 8.78 Å². The molecule has 0 spiro atoms. The summed E-state index contributed by atoms with van der Waals surface area (Å²) in [6.45, 7) is 2.85. The zero-order chi connectivity index (χ0) is 12.3. The molecule has 0 atom stereocenters. The molecule has 2 aromatic rings. The number of aryl methyl sites for hydroxylation is 1. The molecule has 1 aromatic carbocycles. The smallest absolute Gasteiger partial charge is 0.127 e. The van der Waals surface area contributed by atoms with Crippen molar-refractivity contribution >= 4 is 11.3 Å². The van der Waals surface area contributed by atoms with Gasteiger partial charge in [-0.05, 0) is 25.1 Å². The average molecular weight is 254 g/mol. The molecule has 0 saturated heterocycles. The van der Waals surface area contributed by atoms with Crippen LogP contribution >= 0.6 is 11.3 Å². The second-order valence-electron chi connectivity index (χ2n) is 3.70. The molecule has 1 N–H and O–H groups in total. The van der Waals surface area contributed by atoms with E-state index in [9.17, 15) is 8.78 Å². The summed E-state index contributed by atoms with van der Waals surface area (Å²) in [6, 6.07) is 3.47. The van der Waals surface area contributed by atoms with Crippen LogP contribution < -0.4 is 5.32 Å². The van der Waals surface area contributed by atoms with Crippen LogP contribution in [-0.4, -0.2) is 4.98 Å². The van der Waals surface area contributed by atoms with Gasteiger partial charge in [-0.1, -0.05) is 0 Å². The number of hydrogen-bond donors (Lipinski definition) is 1. The number of benzene rings is 1. The Balaban J connectivity index is 1.94. The van der Waals surface area contributed by atoms with E-state index >= 15 is 0 Å². The van der Waals surface area contributed by atoms with Crippen LogP contribution in [0.15, 0.2) is 23.7 Å². The molecule has 0 bridgehead atoms. The predicted molar refractivity (Wildman–Crippen MR) is 63.8 cm³/mol. The summed E-state index contributed by atoms with van der Waals surface area (Å²) >= 11 is 1.55. The van der Waals surface area contributed by atoms with Crippen LogP contribution in [-0.2, 0) is 13.1 Å². The molecule has 0 amide bonds. The third-order valence-corrected chi connectivity index (χ3v) is 3.39. The zero-order valence-electron chi connectivity index (χ0n) is 9.34. The molecule has 2 nitrogen and oxygen atoms in total. The molecule has 0 fully saturated rings. The number of aromatic nitrogens is 1. The van der Waals surface area contributed by atoms with Crippen LogP contribution in [0.3, 0.4) is 0 Å². The van der Waals surface area contributed by atoms with E-state index < -0.39 is 5.82 Å². The molecule has 1 heterocycles. The Kier molecular flexibility index (Phi) is 3.81. The SMILES string of the molecule is Cc1ncsc1CNCc1cc(F)ccc1F. The van der Waals surface area contributed by atoms with E-state index in [4.69, 9.17) is 0 Å². The largest absolute Gasteiger partial charge is 0.308 e. The summed E-state index contributed by atoms with van der Waals surface area (Å²) in [5.41, 5.74) is 3.09. The van der Waals surface area contributed by atoms with Crippen molar-refractivity contribution in [2.24, 2.45) is 0 Å². The van der Waals surface area contributed by atoms with E-state index in [1.54, 1.807) is 16.8 Å². The Morgan fingerprint density at radius 1 is 1.29 bits per heavy atom. The maximum absolute atomic E-state index is 13.3. The fraction of sp³-hybridized carbons (Fsp3) is 0.250. The summed E-state index contributed by atoms with van der Waals surface area (Å²) in [7, 11) is 0. The van der Waals surface area contributed by atoms with Crippen molar-refractivity contribution in [3.05, 3.63) is 51.5 Å². The third-order valence-electron chi connectivity index (χ3n) is 2.45. The molecule has 0 aliphatic carbocycles. The van der Waals surface area contributed by atoms with E-state index in [2.05, 4.69) is 10.3 Å². The second-order valence-corrected chi connectivity index (χ2v) is 4.64. The lowest BCUT2D eigenvalue weighted by Crippen LogP contribution is -2.13. The first kappa shape index (κ1) is 12.1. The maximum Gasteiger partial charge on any atom is 0.127 e. The van der Waals surface area contributed by atoms with Gasteiger partial charge in [0.2, 0.25) is 0 Å². The highest BCUT2D eigenvalue weighted by atomic mass is 32.1. The molecule has 90 valence electrons. The molecule has 5 heteroatoms. The first-order valence-electron chi connectivity index (χ1n) is 5.20.